The van der Waals surface area contributed by atoms with E-state index in [-0.39, 0.29) is 23.7 Å². The lowest BCUT2D eigenvalue weighted by Crippen LogP contribution is -2.25. The van der Waals surface area contributed by atoms with Crippen molar-refractivity contribution in [1.29, 1.82) is 0 Å². The zero-order chi connectivity index (χ0) is 19.3. The second-order valence-corrected chi connectivity index (χ2v) is 7.82. The number of carbonyl (C=O) groups excluding carboxylic acids is 1. The topological polar surface area (TPSA) is 70.9 Å². The van der Waals surface area contributed by atoms with Gasteiger partial charge in [0.05, 0.1) is 10.2 Å². The number of benzene rings is 2. The monoisotopic (exact) mass is 418 g/mol. The maximum atomic E-state index is 11.9. The first-order valence-electron chi connectivity index (χ1n) is 8.22. The summed E-state index contributed by atoms with van der Waals surface area (Å²) in [6.07, 6.45) is 0. The van der Waals surface area contributed by atoms with Crippen LogP contribution in [0.3, 0.4) is 0 Å². The molecule has 2 aromatic rings. The summed E-state index contributed by atoms with van der Waals surface area (Å²) in [5.74, 6) is 0.383. The summed E-state index contributed by atoms with van der Waals surface area (Å²) >= 11 is 3.48. The molecule has 0 radical (unpaired) electrons. The van der Waals surface area contributed by atoms with E-state index in [0.29, 0.717) is 11.5 Å². The van der Waals surface area contributed by atoms with Crippen molar-refractivity contribution in [3.8, 4) is 11.5 Å². The molecule has 0 spiro atoms. The number of amides is 1. The minimum absolute atomic E-state index is 0.0382. The first-order chi connectivity index (χ1) is 12.2. The molecule has 0 aliphatic heterocycles. The minimum Gasteiger partial charge on any atom is -0.508 e. The van der Waals surface area contributed by atoms with Gasteiger partial charge in [-0.15, -0.1) is 0 Å². The molecule has 2 N–H and O–H groups in total. The molecule has 0 aliphatic rings. The number of phenols is 1. The van der Waals surface area contributed by atoms with Crippen LogP contribution < -0.4 is 10.2 Å². The molecule has 0 unspecified atom stereocenters. The summed E-state index contributed by atoms with van der Waals surface area (Å²) in [6, 6.07) is 12.5. The van der Waals surface area contributed by atoms with Crippen molar-refractivity contribution in [2.75, 3.05) is 6.61 Å². The van der Waals surface area contributed by atoms with Crippen molar-refractivity contribution < 1.29 is 14.6 Å². The molecule has 138 valence electrons. The van der Waals surface area contributed by atoms with E-state index in [1.165, 1.54) is 5.56 Å². The fraction of sp³-hybridized carbons (Fsp3) is 0.300. The summed E-state index contributed by atoms with van der Waals surface area (Å²) in [6.45, 7) is 8.00. The molecule has 1 amide bonds. The van der Waals surface area contributed by atoms with Gasteiger partial charge in [0, 0.05) is 5.56 Å². The van der Waals surface area contributed by atoms with Crippen LogP contribution in [0.5, 0.6) is 11.5 Å². The van der Waals surface area contributed by atoms with Crippen LogP contribution >= 0.6 is 15.9 Å². The number of hydrazone groups is 1. The molecule has 0 aromatic heterocycles. The molecule has 2 rings (SSSR count). The number of nitrogens with zero attached hydrogens (tertiary/aromatic N) is 1. The van der Waals surface area contributed by atoms with Gasteiger partial charge in [0.1, 0.15) is 11.5 Å². The van der Waals surface area contributed by atoms with Crippen molar-refractivity contribution in [2.24, 2.45) is 5.10 Å². The SMILES string of the molecule is C/C(=N/NC(=O)COc1ccc(C(C)(C)C)cc1Br)c1cccc(O)c1. The van der Waals surface area contributed by atoms with Gasteiger partial charge in [-0.2, -0.15) is 5.10 Å². The highest BCUT2D eigenvalue weighted by Gasteiger charge is 2.15. The Morgan fingerprint density at radius 2 is 1.96 bits per heavy atom. The van der Waals surface area contributed by atoms with Gasteiger partial charge in [-0.3, -0.25) is 4.79 Å². The van der Waals surface area contributed by atoms with Gasteiger partial charge in [-0.25, -0.2) is 5.43 Å². The van der Waals surface area contributed by atoms with Crippen LogP contribution in [0.15, 0.2) is 52.0 Å². The summed E-state index contributed by atoms with van der Waals surface area (Å²) < 4.78 is 6.36. The molecule has 0 heterocycles. The molecule has 5 nitrogen and oxygen atoms in total. The van der Waals surface area contributed by atoms with Gasteiger partial charge in [0.15, 0.2) is 6.61 Å². The van der Waals surface area contributed by atoms with Crippen molar-refractivity contribution in [3.63, 3.8) is 0 Å². The molecule has 0 aliphatic carbocycles. The fourth-order valence-corrected chi connectivity index (χ4v) is 2.69. The molecule has 2 aromatic carbocycles. The second-order valence-electron chi connectivity index (χ2n) is 6.97. The number of halogens is 1. The van der Waals surface area contributed by atoms with Crippen molar-refractivity contribution in [2.45, 2.75) is 33.1 Å². The van der Waals surface area contributed by atoms with Gasteiger partial charge >= 0.3 is 0 Å². The van der Waals surface area contributed by atoms with E-state index < -0.39 is 0 Å². The molecular weight excluding hydrogens is 396 g/mol. The van der Waals surface area contributed by atoms with E-state index in [0.717, 1.165) is 10.0 Å². The van der Waals surface area contributed by atoms with Crippen molar-refractivity contribution >= 4 is 27.5 Å². The summed E-state index contributed by atoms with van der Waals surface area (Å²) in [4.78, 5) is 11.9. The standard InChI is InChI=1S/C20H23BrN2O3/c1-13(14-6-5-7-16(24)10-14)22-23-19(25)12-26-18-9-8-15(11-17(18)21)20(2,3)4/h5-11,24H,12H2,1-4H3,(H,23,25)/b22-13-. The second kappa shape index (κ2) is 8.36. The quantitative estimate of drug-likeness (QED) is 0.559. The van der Waals surface area contributed by atoms with E-state index >= 15 is 0 Å². The van der Waals surface area contributed by atoms with Crippen molar-refractivity contribution in [3.05, 3.63) is 58.1 Å². The zero-order valence-electron chi connectivity index (χ0n) is 15.3. The Hall–Kier alpha value is -2.34. The molecule has 0 bridgehead atoms. The van der Waals surface area contributed by atoms with E-state index in [1.807, 2.05) is 18.2 Å². The Bertz CT molecular complexity index is 826. The van der Waals surface area contributed by atoms with Crippen LogP contribution in [0.25, 0.3) is 0 Å². The molecule has 0 fully saturated rings. The minimum atomic E-state index is -0.365. The molecule has 6 heteroatoms. The van der Waals surface area contributed by atoms with Crippen LogP contribution in [0.2, 0.25) is 0 Å². The van der Waals surface area contributed by atoms with Gasteiger partial charge in [0.2, 0.25) is 0 Å². The lowest BCUT2D eigenvalue weighted by molar-refractivity contribution is -0.123. The van der Waals surface area contributed by atoms with Gasteiger partial charge in [0.25, 0.3) is 5.91 Å². The maximum absolute atomic E-state index is 11.9. The number of aromatic hydroxyl groups is 1. The fourth-order valence-electron chi connectivity index (χ4n) is 2.20. The van der Waals surface area contributed by atoms with E-state index in [1.54, 1.807) is 31.2 Å². The number of nitrogens with one attached hydrogen (secondary N) is 1. The third kappa shape index (κ3) is 5.59. The van der Waals surface area contributed by atoms with E-state index in [9.17, 15) is 9.90 Å². The van der Waals surface area contributed by atoms with E-state index in [4.69, 9.17) is 4.74 Å². The lowest BCUT2D eigenvalue weighted by atomic mass is 9.87. The molecule has 0 atom stereocenters. The summed E-state index contributed by atoms with van der Waals surface area (Å²) in [7, 11) is 0. The summed E-state index contributed by atoms with van der Waals surface area (Å²) in [5.41, 5.74) is 4.98. The molecule has 26 heavy (non-hydrogen) atoms. The molecule has 0 saturated heterocycles. The first-order valence-corrected chi connectivity index (χ1v) is 9.01. The van der Waals surface area contributed by atoms with Crippen molar-refractivity contribution in [1.82, 2.24) is 5.43 Å². The van der Waals surface area contributed by atoms with Crippen LogP contribution in [0.1, 0.15) is 38.8 Å². The van der Waals surface area contributed by atoms with Gasteiger partial charge < -0.3 is 9.84 Å². The number of ether oxygens (including phenoxy) is 1. The van der Waals surface area contributed by atoms with Crippen LogP contribution in [-0.4, -0.2) is 23.3 Å². The highest BCUT2D eigenvalue weighted by molar-refractivity contribution is 9.10. The Kier molecular flexibility index (Phi) is 6.42. The number of phenolic OH excluding ortho intramolecular Hbond substituents is 1. The number of hydrogen-bond donors (Lipinski definition) is 2. The Labute approximate surface area is 162 Å². The van der Waals surface area contributed by atoms with Crippen LogP contribution in [0.4, 0.5) is 0 Å². The number of carbonyl (C=O) groups is 1. The van der Waals surface area contributed by atoms with Crippen LogP contribution in [0, 0.1) is 0 Å². The normalized spacial score (nSPS) is 12.0. The largest absolute Gasteiger partial charge is 0.508 e. The Balaban J connectivity index is 1.94. The number of rotatable bonds is 5. The average molecular weight is 419 g/mol. The maximum Gasteiger partial charge on any atom is 0.277 e. The molecular formula is C20H23BrN2O3. The predicted molar refractivity (Wildman–Crippen MR) is 107 cm³/mol. The third-order valence-electron chi connectivity index (χ3n) is 3.77. The average Bonchev–Trinajstić information content (AvgIpc) is 2.57. The van der Waals surface area contributed by atoms with E-state index in [2.05, 4.69) is 47.2 Å². The van der Waals surface area contributed by atoms with Crippen LogP contribution in [-0.2, 0) is 10.2 Å². The smallest absolute Gasteiger partial charge is 0.277 e. The Morgan fingerprint density at radius 3 is 2.58 bits per heavy atom. The van der Waals surface area contributed by atoms with Gasteiger partial charge in [-0.05, 0) is 58.1 Å². The highest BCUT2D eigenvalue weighted by Crippen LogP contribution is 2.31. The summed E-state index contributed by atoms with van der Waals surface area (Å²) in [5, 5.41) is 13.5. The highest BCUT2D eigenvalue weighted by atomic mass is 79.9. The third-order valence-corrected chi connectivity index (χ3v) is 4.39. The lowest BCUT2D eigenvalue weighted by Gasteiger charge is -2.20. The predicted octanol–water partition coefficient (Wildman–Crippen LogP) is 4.37. The number of hydrogen-bond acceptors (Lipinski definition) is 4. The Morgan fingerprint density at radius 1 is 1.23 bits per heavy atom. The zero-order valence-corrected chi connectivity index (χ0v) is 16.9. The molecule has 0 saturated carbocycles. The first kappa shape index (κ1) is 20.0. The van der Waals surface area contributed by atoms with Gasteiger partial charge in [-0.1, -0.05) is 39.0 Å².